The van der Waals surface area contributed by atoms with Gasteiger partial charge >= 0.3 is 12.1 Å². The van der Waals surface area contributed by atoms with Gasteiger partial charge in [-0.2, -0.15) is 0 Å². The molecule has 1 aromatic carbocycles. The summed E-state index contributed by atoms with van der Waals surface area (Å²) in [5, 5.41) is 22.3. The average Bonchev–Trinajstić information content (AvgIpc) is 3.73. The Morgan fingerprint density at radius 1 is 1.05 bits per heavy atom. The van der Waals surface area contributed by atoms with Crippen molar-refractivity contribution in [2.75, 3.05) is 18.4 Å². The van der Waals surface area contributed by atoms with Gasteiger partial charge in [-0.15, -0.1) is 0 Å². The van der Waals surface area contributed by atoms with E-state index in [1.807, 2.05) is 6.92 Å². The Balaban J connectivity index is 1.09. The van der Waals surface area contributed by atoms with E-state index in [0.29, 0.717) is 30.5 Å². The minimum absolute atomic E-state index is 0.00422. The molecule has 5 amide bonds. The van der Waals surface area contributed by atoms with Crippen LogP contribution in [-0.2, 0) is 44.8 Å². The van der Waals surface area contributed by atoms with E-state index in [4.69, 9.17) is 19.9 Å². The van der Waals surface area contributed by atoms with E-state index in [1.165, 1.54) is 26.0 Å². The number of alkyl carbamates (subject to hydrolysis) is 1. The number of hydrogen-bond acceptors (Lipinski definition) is 11. The third kappa shape index (κ3) is 9.35. The second-order valence-electron chi connectivity index (χ2n) is 19.1. The first kappa shape index (κ1) is 49.4. The van der Waals surface area contributed by atoms with E-state index in [-0.39, 0.29) is 68.4 Å². The van der Waals surface area contributed by atoms with Crippen molar-refractivity contribution >= 4 is 47.0 Å². The van der Waals surface area contributed by atoms with Crippen LogP contribution < -0.4 is 27.0 Å². The zero-order valence-corrected chi connectivity index (χ0v) is 37.9. The van der Waals surface area contributed by atoms with Crippen molar-refractivity contribution in [2.45, 2.75) is 141 Å². The fraction of sp³-hybridized carbons (Fsp3) is 0.638. The minimum Gasteiger partial charge on any atom is -0.445 e. The van der Waals surface area contributed by atoms with Crippen LogP contribution in [0, 0.1) is 34.5 Å². The molecule has 5 aliphatic rings. The predicted octanol–water partition coefficient (Wildman–Crippen LogP) is 4.81. The smallest absolute Gasteiger partial charge is 0.407 e. The number of hydrogen-bond donors (Lipinski definition) is 6. The Hall–Kier alpha value is -5.07. The quantitative estimate of drug-likeness (QED) is 0.109. The number of alkyl halides is 2. The number of ether oxygens (including phenoxy) is 3. The number of carbonyl (C=O) groups excluding carboxylic acids is 7. The Kier molecular flexibility index (Phi) is 14.7. The van der Waals surface area contributed by atoms with Crippen molar-refractivity contribution in [1.82, 2.24) is 16.0 Å². The van der Waals surface area contributed by atoms with E-state index in [2.05, 4.69) is 21.3 Å². The van der Waals surface area contributed by atoms with Crippen LogP contribution in [0.1, 0.15) is 98.5 Å². The molecule has 1 saturated heterocycles. The molecule has 18 heteroatoms. The molecule has 1 heterocycles. The Labute approximate surface area is 377 Å². The van der Waals surface area contributed by atoms with Crippen molar-refractivity contribution in [3.63, 3.8) is 0 Å². The molecule has 356 valence electrons. The highest BCUT2D eigenvalue weighted by molar-refractivity contribution is 6.01. The van der Waals surface area contributed by atoms with Crippen molar-refractivity contribution in [3.8, 4) is 0 Å². The van der Waals surface area contributed by atoms with Crippen molar-refractivity contribution in [2.24, 2.45) is 40.2 Å². The zero-order valence-electron chi connectivity index (χ0n) is 37.9. The summed E-state index contributed by atoms with van der Waals surface area (Å²) in [6, 6.07) is 4.90. The number of urea groups is 1. The number of ketones is 3. The topological polar surface area (TPSA) is 242 Å². The van der Waals surface area contributed by atoms with Gasteiger partial charge in [-0.25, -0.2) is 18.4 Å². The molecule has 16 nitrogen and oxygen atoms in total. The number of Topliss-reactive ketones (excluding diaryl/α,β-unsaturated/α-hetero) is 2. The monoisotopic (exact) mass is 911 g/mol. The van der Waals surface area contributed by atoms with Crippen LogP contribution in [0.3, 0.4) is 0 Å². The van der Waals surface area contributed by atoms with Crippen LogP contribution in [0.2, 0.25) is 0 Å². The van der Waals surface area contributed by atoms with Gasteiger partial charge in [-0.1, -0.05) is 52.3 Å². The molecule has 1 aromatic rings. The normalized spacial score (nSPS) is 33.0. The molecule has 7 N–H and O–H groups in total. The highest BCUT2D eigenvalue weighted by Crippen LogP contribution is 2.72. The van der Waals surface area contributed by atoms with Crippen LogP contribution in [0.4, 0.5) is 24.1 Å². The Morgan fingerprint density at radius 3 is 2.40 bits per heavy atom. The van der Waals surface area contributed by atoms with Crippen LogP contribution >= 0.6 is 0 Å². The fourth-order valence-corrected chi connectivity index (χ4v) is 11.4. The lowest BCUT2D eigenvalue weighted by Gasteiger charge is -2.63. The summed E-state index contributed by atoms with van der Waals surface area (Å²) in [4.78, 5) is 89.5. The molecule has 0 radical (unpaired) electrons. The van der Waals surface area contributed by atoms with Crippen molar-refractivity contribution < 1.29 is 61.7 Å². The van der Waals surface area contributed by atoms with Crippen molar-refractivity contribution in [1.29, 1.82) is 0 Å². The molecule has 0 bridgehead atoms. The van der Waals surface area contributed by atoms with Gasteiger partial charge in [0.2, 0.25) is 11.8 Å². The summed E-state index contributed by atoms with van der Waals surface area (Å²) in [6.07, 6.45) is -0.993. The van der Waals surface area contributed by atoms with Gasteiger partial charge in [-0.3, -0.25) is 24.0 Å². The minimum atomic E-state index is -2.36. The number of benzene rings is 1. The first-order valence-corrected chi connectivity index (χ1v) is 22.6. The maximum atomic E-state index is 17.8. The van der Waals surface area contributed by atoms with Gasteiger partial charge in [0.05, 0.1) is 24.8 Å². The molecule has 3 saturated carbocycles. The zero-order chi connectivity index (χ0) is 47.6. The summed E-state index contributed by atoms with van der Waals surface area (Å²) >= 11 is 0. The van der Waals surface area contributed by atoms with Crippen LogP contribution in [0.15, 0.2) is 48.1 Å². The van der Waals surface area contributed by atoms with Gasteiger partial charge in [0.1, 0.15) is 12.8 Å². The third-order valence-electron chi connectivity index (χ3n) is 14.6. The molecule has 4 fully saturated rings. The molecule has 1 aliphatic heterocycles. The van der Waals surface area contributed by atoms with E-state index in [9.17, 15) is 38.7 Å². The first-order chi connectivity index (χ1) is 30.6. The van der Waals surface area contributed by atoms with Gasteiger partial charge in [0.25, 0.3) is 0 Å². The number of anilines is 1. The van der Waals surface area contributed by atoms with Gasteiger partial charge in [0.15, 0.2) is 34.9 Å². The molecule has 1 unspecified atom stereocenters. The van der Waals surface area contributed by atoms with Crippen molar-refractivity contribution in [3.05, 3.63) is 53.6 Å². The number of allylic oxidation sites excluding steroid dienone is 4. The number of aliphatic hydroxyl groups excluding tert-OH is 1. The number of halogens is 2. The molecule has 6 rings (SSSR count). The second-order valence-corrected chi connectivity index (χ2v) is 19.1. The number of nitrogens with two attached hydrogens (primary N) is 1. The lowest BCUT2D eigenvalue weighted by Crippen LogP contribution is -2.71. The van der Waals surface area contributed by atoms with E-state index >= 15 is 8.78 Å². The first-order valence-electron chi connectivity index (χ1n) is 22.6. The summed E-state index contributed by atoms with van der Waals surface area (Å²) in [6.45, 7) is 9.52. The standard InChI is InChI=1S/C47H63F2N5O11/c1-7-9-39-64-38-21-31-32-20-34(48)33-19-30(56)15-16-44(33,5)46(32,49)36(58)22-45(31,6)47(38,65-39)37(59)23-52-43(62)63-24-27-11-13-29(14-12-27)54-41(60)28(10-8-17-51-42(50)61)18-35(57)40(25(2)3)53-26(4)55/h11-16,19,25,28,31-32,34,36,38-40,58H,7-10,17-18,20-24H2,1-6H3,(H,52,62)(H,53,55)(H,54,60)(H3,50,51,61)/t28-,31+,32+,34+,36+,38-,39?,40+,44+,45+,46+,47-/m1/s1. The molecular formula is C47H63F2N5O11. The Morgan fingerprint density at radius 2 is 1.75 bits per heavy atom. The lowest BCUT2D eigenvalue weighted by atomic mass is 9.44. The number of rotatable bonds is 18. The maximum Gasteiger partial charge on any atom is 0.407 e. The number of nitrogens with one attached hydrogen (secondary N) is 4. The molecular weight excluding hydrogens is 849 g/mol. The number of carbonyl (C=O) groups is 7. The SMILES string of the molecule is CCCC1O[C@@H]2C[C@H]3[C@@H]4C[C@H](F)C5=CC(=O)C=C[C@]5(C)[C@@]4(F)[C@@H](O)C[C@]3(C)[C@]2(C(=O)CNC(=O)OCc2ccc(NC(=O)[C@H](CCCNC(N)=O)CC(=O)[C@@H](NC(C)=O)C(C)C)cc2)O1. The Bertz CT molecular complexity index is 2100. The molecule has 65 heavy (non-hydrogen) atoms. The molecule has 0 spiro atoms. The second kappa shape index (κ2) is 19.4. The number of fused-ring (bicyclic) bond motifs is 7. The fourth-order valence-electron chi connectivity index (χ4n) is 11.4. The van der Waals surface area contributed by atoms with Gasteiger partial charge in [0, 0.05) is 48.2 Å². The van der Waals surface area contributed by atoms with Crippen LogP contribution in [-0.4, -0.2) is 101 Å². The number of amides is 5. The largest absolute Gasteiger partial charge is 0.445 e. The summed E-state index contributed by atoms with van der Waals surface area (Å²) in [5.41, 5.74) is -0.807. The van der Waals surface area contributed by atoms with E-state index in [0.717, 1.165) is 6.08 Å². The molecule has 0 aromatic heterocycles. The lowest BCUT2D eigenvalue weighted by molar-refractivity contribution is -0.233. The summed E-state index contributed by atoms with van der Waals surface area (Å²) < 4.78 is 52.1. The maximum absolute atomic E-state index is 17.8. The summed E-state index contributed by atoms with van der Waals surface area (Å²) in [5.74, 6) is -4.87. The molecule has 4 aliphatic carbocycles. The highest BCUT2D eigenvalue weighted by atomic mass is 19.1. The highest BCUT2D eigenvalue weighted by Gasteiger charge is 2.80. The predicted molar refractivity (Wildman–Crippen MR) is 232 cm³/mol. The number of primary amides is 1. The summed E-state index contributed by atoms with van der Waals surface area (Å²) in [7, 11) is 0. The van der Waals surface area contributed by atoms with Crippen LogP contribution in [0.25, 0.3) is 0 Å². The molecule has 12 atom stereocenters. The third-order valence-corrected chi connectivity index (χ3v) is 14.6. The van der Waals surface area contributed by atoms with Crippen LogP contribution in [0.5, 0.6) is 0 Å². The van der Waals surface area contributed by atoms with Gasteiger partial charge < -0.3 is 46.3 Å². The van der Waals surface area contributed by atoms with E-state index in [1.54, 1.807) is 45.0 Å². The number of aliphatic hydroxyl groups is 1. The van der Waals surface area contributed by atoms with E-state index < -0.39 is 107 Å². The van der Waals surface area contributed by atoms with Gasteiger partial charge in [-0.05, 0) is 92.7 Å². The average molecular weight is 912 g/mol.